The third-order valence-electron chi connectivity index (χ3n) is 5.11. The highest BCUT2D eigenvalue weighted by atomic mass is 15.2. The number of aromatic nitrogens is 1. The molecule has 1 aliphatic carbocycles. The molecule has 1 aromatic heterocycles. The van der Waals surface area contributed by atoms with Crippen molar-refractivity contribution in [2.45, 2.75) is 63.6 Å². The van der Waals surface area contributed by atoms with Gasteiger partial charge in [0.15, 0.2) is 0 Å². The van der Waals surface area contributed by atoms with Crippen LogP contribution in [-0.2, 0) is 6.54 Å². The molecule has 1 unspecified atom stereocenters. The van der Waals surface area contributed by atoms with Crippen LogP contribution >= 0.6 is 0 Å². The van der Waals surface area contributed by atoms with Crippen molar-refractivity contribution in [2.75, 3.05) is 13.1 Å². The molecule has 0 radical (unpaired) electrons. The summed E-state index contributed by atoms with van der Waals surface area (Å²) in [6.45, 7) is 5.78. The Hall–Kier alpha value is -0.930. The minimum Gasteiger partial charge on any atom is -0.310 e. The van der Waals surface area contributed by atoms with E-state index in [1.807, 2.05) is 18.5 Å². The van der Waals surface area contributed by atoms with E-state index in [4.69, 9.17) is 0 Å². The minimum absolute atomic E-state index is 0.380. The first kappa shape index (κ1) is 14.0. The lowest BCUT2D eigenvalue weighted by Gasteiger charge is -2.41. The van der Waals surface area contributed by atoms with Crippen LogP contribution in [0.5, 0.6) is 0 Å². The summed E-state index contributed by atoms with van der Waals surface area (Å²) in [6.07, 6.45) is 12.0. The van der Waals surface area contributed by atoms with Gasteiger partial charge in [0.05, 0.1) is 0 Å². The second-order valence-corrected chi connectivity index (χ2v) is 6.67. The molecule has 1 aliphatic heterocycles. The van der Waals surface area contributed by atoms with Crippen molar-refractivity contribution in [1.82, 2.24) is 15.2 Å². The van der Waals surface area contributed by atoms with Gasteiger partial charge in [-0.2, -0.15) is 0 Å². The fourth-order valence-corrected chi connectivity index (χ4v) is 3.83. The highest BCUT2D eigenvalue weighted by Gasteiger charge is 2.36. The van der Waals surface area contributed by atoms with Gasteiger partial charge >= 0.3 is 0 Å². The Labute approximate surface area is 122 Å². The third-order valence-corrected chi connectivity index (χ3v) is 5.11. The molecule has 1 aromatic rings. The number of rotatable bonds is 2. The normalized spacial score (nSPS) is 27.4. The number of hydrogen-bond donors (Lipinski definition) is 1. The predicted molar refractivity (Wildman–Crippen MR) is 82.5 cm³/mol. The predicted octanol–water partition coefficient (Wildman–Crippen LogP) is 2.97. The van der Waals surface area contributed by atoms with Gasteiger partial charge in [-0.25, -0.2) is 0 Å². The molecule has 2 aliphatic rings. The van der Waals surface area contributed by atoms with Gasteiger partial charge < -0.3 is 5.32 Å². The van der Waals surface area contributed by atoms with Crippen LogP contribution < -0.4 is 5.32 Å². The van der Waals surface area contributed by atoms with Crippen LogP contribution in [0.1, 0.15) is 51.0 Å². The zero-order valence-corrected chi connectivity index (χ0v) is 12.6. The molecule has 0 amide bonds. The smallest absolute Gasteiger partial charge is 0.0312 e. The summed E-state index contributed by atoms with van der Waals surface area (Å²) in [7, 11) is 0. The summed E-state index contributed by atoms with van der Waals surface area (Å²) < 4.78 is 0. The van der Waals surface area contributed by atoms with Crippen LogP contribution in [0.2, 0.25) is 0 Å². The average molecular weight is 273 g/mol. The molecule has 1 saturated carbocycles. The second kappa shape index (κ2) is 6.23. The molecule has 2 fully saturated rings. The van der Waals surface area contributed by atoms with Gasteiger partial charge in [-0.05, 0) is 44.4 Å². The lowest BCUT2D eigenvalue weighted by atomic mass is 9.81. The fourth-order valence-electron chi connectivity index (χ4n) is 3.83. The molecule has 110 valence electrons. The Morgan fingerprint density at radius 1 is 1.35 bits per heavy atom. The summed E-state index contributed by atoms with van der Waals surface area (Å²) in [5, 5.41) is 3.89. The standard InChI is InChI=1S/C17H27N3/c1-15-7-11-19-17(8-3-2-4-9-17)14-20(15)13-16-6-5-10-18-12-16/h5-6,10,12,15,19H,2-4,7-9,11,13-14H2,1H3. The van der Waals surface area contributed by atoms with E-state index in [9.17, 15) is 0 Å². The van der Waals surface area contributed by atoms with Crippen molar-refractivity contribution in [3.05, 3.63) is 30.1 Å². The molecule has 1 atom stereocenters. The lowest BCUT2D eigenvalue weighted by Crippen LogP contribution is -2.53. The monoisotopic (exact) mass is 273 g/mol. The summed E-state index contributed by atoms with van der Waals surface area (Å²) in [5.74, 6) is 0. The zero-order valence-electron chi connectivity index (χ0n) is 12.6. The van der Waals surface area contributed by atoms with E-state index in [0.717, 1.165) is 6.54 Å². The van der Waals surface area contributed by atoms with E-state index in [1.165, 1.54) is 57.2 Å². The highest BCUT2D eigenvalue weighted by molar-refractivity contribution is 5.09. The first-order chi connectivity index (χ1) is 9.77. The molecule has 3 rings (SSSR count). The maximum Gasteiger partial charge on any atom is 0.0312 e. The van der Waals surface area contributed by atoms with Crippen LogP contribution in [0.4, 0.5) is 0 Å². The number of nitrogens with one attached hydrogen (secondary N) is 1. The fraction of sp³-hybridized carbons (Fsp3) is 0.706. The van der Waals surface area contributed by atoms with Gasteiger partial charge in [0, 0.05) is 37.1 Å². The Morgan fingerprint density at radius 3 is 2.95 bits per heavy atom. The second-order valence-electron chi connectivity index (χ2n) is 6.67. The van der Waals surface area contributed by atoms with Crippen molar-refractivity contribution in [3.63, 3.8) is 0 Å². The Bertz CT molecular complexity index is 412. The summed E-state index contributed by atoms with van der Waals surface area (Å²) in [4.78, 5) is 6.93. The van der Waals surface area contributed by atoms with Crippen molar-refractivity contribution >= 4 is 0 Å². The van der Waals surface area contributed by atoms with E-state index >= 15 is 0 Å². The van der Waals surface area contributed by atoms with Crippen LogP contribution in [0.25, 0.3) is 0 Å². The first-order valence-electron chi connectivity index (χ1n) is 8.15. The quantitative estimate of drug-likeness (QED) is 0.898. The van der Waals surface area contributed by atoms with Crippen molar-refractivity contribution < 1.29 is 0 Å². The molecule has 1 saturated heterocycles. The van der Waals surface area contributed by atoms with E-state index < -0.39 is 0 Å². The molecular weight excluding hydrogens is 246 g/mol. The Balaban J connectivity index is 1.73. The highest BCUT2D eigenvalue weighted by Crippen LogP contribution is 2.31. The van der Waals surface area contributed by atoms with Crippen LogP contribution in [-0.4, -0.2) is 34.6 Å². The molecule has 1 N–H and O–H groups in total. The van der Waals surface area contributed by atoms with E-state index in [0.29, 0.717) is 11.6 Å². The molecule has 3 heteroatoms. The summed E-state index contributed by atoms with van der Waals surface area (Å²) in [5.41, 5.74) is 1.72. The molecule has 20 heavy (non-hydrogen) atoms. The van der Waals surface area contributed by atoms with Crippen molar-refractivity contribution in [1.29, 1.82) is 0 Å². The molecular formula is C17H27N3. The molecule has 2 heterocycles. The van der Waals surface area contributed by atoms with Crippen LogP contribution in [0.3, 0.4) is 0 Å². The van der Waals surface area contributed by atoms with Gasteiger partial charge in [0.25, 0.3) is 0 Å². The zero-order chi connectivity index (χ0) is 13.8. The lowest BCUT2D eigenvalue weighted by molar-refractivity contribution is 0.131. The van der Waals surface area contributed by atoms with E-state index in [1.54, 1.807) is 0 Å². The van der Waals surface area contributed by atoms with Gasteiger partial charge in [0.1, 0.15) is 0 Å². The number of pyridine rings is 1. The number of nitrogens with zero attached hydrogens (tertiary/aromatic N) is 2. The average Bonchev–Trinajstić information content (AvgIpc) is 2.61. The van der Waals surface area contributed by atoms with Crippen molar-refractivity contribution in [3.8, 4) is 0 Å². The third kappa shape index (κ3) is 3.21. The van der Waals surface area contributed by atoms with E-state index in [2.05, 4.69) is 28.2 Å². The number of hydrogen-bond acceptors (Lipinski definition) is 3. The van der Waals surface area contributed by atoms with Crippen LogP contribution in [0.15, 0.2) is 24.5 Å². The molecule has 1 spiro atoms. The van der Waals surface area contributed by atoms with Gasteiger partial charge in [0.2, 0.25) is 0 Å². The summed E-state index contributed by atoms with van der Waals surface area (Å²) in [6, 6.07) is 4.90. The molecule has 3 nitrogen and oxygen atoms in total. The maximum atomic E-state index is 4.26. The maximum absolute atomic E-state index is 4.26. The van der Waals surface area contributed by atoms with Gasteiger partial charge in [-0.15, -0.1) is 0 Å². The Morgan fingerprint density at radius 2 is 2.20 bits per heavy atom. The van der Waals surface area contributed by atoms with Gasteiger partial charge in [-0.1, -0.05) is 25.3 Å². The molecule has 0 aromatic carbocycles. The van der Waals surface area contributed by atoms with Crippen molar-refractivity contribution in [2.24, 2.45) is 0 Å². The largest absolute Gasteiger partial charge is 0.310 e. The van der Waals surface area contributed by atoms with E-state index in [-0.39, 0.29) is 0 Å². The first-order valence-corrected chi connectivity index (χ1v) is 8.15. The summed E-state index contributed by atoms with van der Waals surface area (Å²) >= 11 is 0. The van der Waals surface area contributed by atoms with Crippen LogP contribution in [0, 0.1) is 0 Å². The SMILES string of the molecule is CC1CCNC2(CCCCC2)CN1Cc1cccnc1. The van der Waals surface area contributed by atoms with Gasteiger partial charge in [-0.3, -0.25) is 9.88 Å². The topological polar surface area (TPSA) is 28.2 Å². The minimum atomic E-state index is 0.380. The molecule has 0 bridgehead atoms. The Kier molecular flexibility index (Phi) is 4.37.